The van der Waals surface area contributed by atoms with Gasteiger partial charge in [0.1, 0.15) is 5.54 Å². The molecule has 1 heterocycles. The second-order valence-corrected chi connectivity index (χ2v) is 4.97. The van der Waals surface area contributed by atoms with E-state index in [1.807, 2.05) is 6.07 Å². The maximum absolute atomic E-state index is 11.7. The van der Waals surface area contributed by atoms with E-state index in [1.54, 1.807) is 6.92 Å². The molecule has 0 radical (unpaired) electrons. The normalized spacial score (nSPS) is 15.5. The Morgan fingerprint density at radius 1 is 1.73 bits per heavy atom. The molecule has 0 aliphatic carbocycles. The highest BCUT2D eigenvalue weighted by atomic mass is 32.2. The molecule has 0 amide bonds. The Bertz CT molecular complexity index is 459. The second kappa shape index (κ2) is 4.00. The van der Waals surface area contributed by atoms with E-state index >= 15 is 0 Å². The first-order valence-corrected chi connectivity index (χ1v) is 5.86. The van der Waals surface area contributed by atoms with Gasteiger partial charge < -0.3 is 0 Å². The van der Waals surface area contributed by atoms with E-state index in [-0.39, 0.29) is 5.03 Å². The van der Waals surface area contributed by atoms with Crippen LogP contribution in [0.15, 0.2) is 17.3 Å². The van der Waals surface area contributed by atoms with Crippen LogP contribution < -0.4 is 4.72 Å². The van der Waals surface area contributed by atoms with Crippen molar-refractivity contribution >= 4 is 10.0 Å². The number of aromatic amines is 1. The molecule has 0 spiro atoms. The summed E-state index contributed by atoms with van der Waals surface area (Å²) >= 11 is 0. The lowest BCUT2D eigenvalue weighted by Gasteiger charge is -2.20. The highest BCUT2D eigenvalue weighted by Gasteiger charge is 2.29. The van der Waals surface area contributed by atoms with Crippen LogP contribution in [0.2, 0.25) is 0 Å². The summed E-state index contributed by atoms with van der Waals surface area (Å²) in [7, 11) is -3.69. The monoisotopic (exact) mass is 228 g/mol. The smallest absolute Gasteiger partial charge is 0.258 e. The van der Waals surface area contributed by atoms with E-state index < -0.39 is 15.6 Å². The molecule has 0 aromatic carbocycles. The summed E-state index contributed by atoms with van der Waals surface area (Å²) in [5.41, 5.74) is -1.09. The fourth-order valence-corrected chi connectivity index (χ4v) is 2.22. The number of H-pyrrole nitrogens is 1. The van der Waals surface area contributed by atoms with Gasteiger partial charge >= 0.3 is 0 Å². The molecule has 0 saturated heterocycles. The molecule has 6 nitrogen and oxygen atoms in total. The van der Waals surface area contributed by atoms with Crippen molar-refractivity contribution in [3.8, 4) is 6.07 Å². The van der Waals surface area contributed by atoms with Gasteiger partial charge in [0.15, 0.2) is 5.03 Å². The highest BCUT2D eigenvalue weighted by Crippen LogP contribution is 2.12. The summed E-state index contributed by atoms with van der Waals surface area (Å²) in [5.74, 6) is 0. The molecular formula is C8H12N4O2S. The molecule has 0 fully saturated rings. The van der Waals surface area contributed by atoms with Crippen molar-refractivity contribution in [1.29, 1.82) is 5.26 Å². The van der Waals surface area contributed by atoms with Crippen LogP contribution in [0.3, 0.4) is 0 Å². The molecule has 2 N–H and O–H groups in total. The number of sulfonamides is 1. The number of nitrogens with zero attached hydrogens (tertiary/aromatic N) is 2. The maximum Gasteiger partial charge on any atom is 0.258 e. The van der Waals surface area contributed by atoms with E-state index in [0.717, 1.165) is 0 Å². The van der Waals surface area contributed by atoms with Gasteiger partial charge in [0.05, 0.1) is 12.3 Å². The van der Waals surface area contributed by atoms with Gasteiger partial charge in [-0.15, -0.1) is 0 Å². The molecule has 1 atom stereocenters. The van der Waals surface area contributed by atoms with Gasteiger partial charge in [-0.2, -0.15) is 15.1 Å². The van der Waals surface area contributed by atoms with Crippen LogP contribution in [0.5, 0.6) is 0 Å². The van der Waals surface area contributed by atoms with Crippen LogP contribution in [0, 0.1) is 11.3 Å². The molecule has 15 heavy (non-hydrogen) atoms. The number of rotatable bonds is 4. The molecule has 1 aromatic rings. The van der Waals surface area contributed by atoms with Crippen LogP contribution in [0.4, 0.5) is 0 Å². The van der Waals surface area contributed by atoms with E-state index in [9.17, 15) is 8.42 Å². The lowest BCUT2D eigenvalue weighted by atomic mass is 10.0. The van der Waals surface area contributed by atoms with Gasteiger partial charge in [0, 0.05) is 0 Å². The molecule has 1 unspecified atom stereocenters. The molecule has 7 heteroatoms. The summed E-state index contributed by atoms with van der Waals surface area (Å²) in [4.78, 5) is 0. The fourth-order valence-electron chi connectivity index (χ4n) is 0.918. The van der Waals surface area contributed by atoms with Crippen molar-refractivity contribution in [2.75, 3.05) is 0 Å². The van der Waals surface area contributed by atoms with Crippen LogP contribution >= 0.6 is 0 Å². The fraction of sp³-hybridized carbons (Fsp3) is 0.500. The number of nitriles is 1. The predicted molar refractivity (Wildman–Crippen MR) is 53.2 cm³/mol. The van der Waals surface area contributed by atoms with E-state index in [1.165, 1.54) is 19.2 Å². The standard InChI is InChI=1S/C8H12N4O2S/c1-3-8(2,6-9)12-15(13,14)7-4-5-10-11-7/h4-5,12H,3H2,1-2H3,(H,10,11). The number of nitrogens with one attached hydrogen (secondary N) is 2. The molecule has 0 saturated carbocycles. The molecule has 0 bridgehead atoms. The maximum atomic E-state index is 11.7. The third-order valence-corrected chi connectivity index (χ3v) is 3.60. The highest BCUT2D eigenvalue weighted by molar-refractivity contribution is 7.89. The summed E-state index contributed by atoms with van der Waals surface area (Å²) < 4.78 is 25.7. The lowest BCUT2D eigenvalue weighted by molar-refractivity contribution is 0.493. The largest absolute Gasteiger partial charge is 0.266 e. The average Bonchev–Trinajstić information content (AvgIpc) is 2.70. The Morgan fingerprint density at radius 3 is 2.80 bits per heavy atom. The second-order valence-electron chi connectivity index (χ2n) is 3.32. The quantitative estimate of drug-likeness (QED) is 0.778. The first kappa shape index (κ1) is 11.7. The van der Waals surface area contributed by atoms with Crippen LogP contribution in [-0.4, -0.2) is 24.2 Å². The minimum Gasteiger partial charge on any atom is -0.266 e. The molecular weight excluding hydrogens is 216 g/mol. The Labute approximate surface area is 88.4 Å². The van der Waals surface area contributed by atoms with Crippen molar-refractivity contribution in [2.24, 2.45) is 0 Å². The molecule has 82 valence electrons. The van der Waals surface area contributed by atoms with E-state index in [4.69, 9.17) is 5.26 Å². The van der Waals surface area contributed by atoms with Gasteiger partial charge in [0.2, 0.25) is 0 Å². The van der Waals surface area contributed by atoms with Gasteiger partial charge in [-0.1, -0.05) is 6.92 Å². The van der Waals surface area contributed by atoms with Gasteiger partial charge in [-0.3, -0.25) is 5.10 Å². The summed E-state index contributed by atoms with van der Waals surface area (Å²) in [6, 6.07) is 3.25. The van der Waals surface area contributed by atoms with E-state index in [0.29, 0.717) is 6.42 Å². The van der Waals surface area contributed by atoms with Crippen molar-refractivity contribution in [1.82, 2.24) is 14.9 Å². The van der Waals surface area contributed by atoms with Gasteiger partial charge in [0.25, 0.3) is 10.0 Å². The van der Waals surface area contributed by atoms with Crippen molar-refractivity contribution in [3.05, 3.63) is 12.3 Å². The van der Waals surface area contributed by atoms with Crippen molar-refractivity contribution in [3.63, 3.8) is 0 Å². The Kier molecular flexibility index (Phi) is 3.12. The third kappa shape index (κ3) is 2.55. The lowest BCUT2D eigenvalue weighted by Crippen LogP contribution is -2.44. The predicted octanol–water partition coefficient (Wildman–Crippen LogP) is 0.380. The molecule has 0 aliphatic rings. The van der Waals surface area contributed by atoms with Crippen LogP contribution in [0.1, 0.15) is 20.3 Å². The average molecular weight is 228 g/mol. The minimum absolute atomic E-state index is 0.0441. The number of aromatic nitrogens is 2. The summed E-state index contributed by atoms with van der Waals surface area (Å²) in [5, 5.41) is 14.7. The van der Waals surface area contributed by atoms with Gasteiger partial charge in [-0.25, -0.2) is 8.42 Å². The molecule has 1 aromatic heterocycles. The Balaban J connectivity index is 2.97. The summed E-state index contributed by atoms with van der Waals surface area (Å²) in [6.45, 7) is 3.26. The van der Waals surface area contributed by atoms with Crippen molar-refractivity contribution < 1.29 is 8.42 Å². The first-order chi connectivity index (χ1) is 6.93. The minimum atomic E-state index is -3.69. The van der Waals surface area contributed by atoms with Crippen LogP contribution in [-0.2, 0) is 10.0 Å². The van der Waals surface area contributed by atoms with Gasteiger partial charge in [-0.05, 0) is 19.4 Å². The number of hydrogen-bond donors (Lipinski definition) is 2. The van der Waals surface area contributed by atoms with Crippen molar-refractivity contribution in [2.45, 2.75) is 30.8 Å². The topological polar surface area (TPSA) is 98.6 Å². The first-order valence-electron chi connectivity index (χ1n) is 4.38. The van der Waals surface area contributed by atoms with Crippen LogP contribution in [0.25, 0.3) is 0 Å². The zero-order valence-corrected chi connectivity index (χ0v) is 9.30. The molecule has 0 aliphatic heterocycles. The Morgan fingerprint density at radius 2 is 2.40 bits per heavy atom. The Hall–Kier alpha value is -1.39. The molecule has 1 rings (SSSR count). The zero-order valence-electron chi connectivity index (χ0n) is 8.48. The number of hydrogen-bond acceptors (Lipinski definition) is 4. The third-order valence-electron chi connectivity index (χ3n) is 2.08. The van der Waals surface area contributed by atoms with E-state index in [2.05, 4.69) is 14.9 Å². The summed E-state index contributed by atoms with van der Waals surface area (Å²) in [6.07, 6.45) is 1.72. The SMILES string of the molecule is CCC(C)(C#N)NS(=O)(=O)c1ccn[nH]1. The zero-order chi connectivity index (χ0) is 11.5.